The molecule has 0 amide bonds. The van der Waals surface area contributed by atoms with Crippen molar-refractivity contribution in [3.63, 3.8) is 0 Å². The minimum absolute atomic E-state index is 0.211. The number of carbonyl (C=O) groups is 2. The Balaban J connectivity index is -0.000000147. The molecule has 0 rings (SSSR count). The van der Waals surface area contributed by atoms with E-state index in [0.29, 0.717) is 6.61 Å². The molecule has 0 aromatic carbocycles. The number of hydrogen-bond acceptors (Lipinski definition) is 4. The molecule has 0 spiro atoms. The van der Waals surface area contributed by atoms with Gasteiger partial charge in [-0.1, -0.05) is 6.58 Å². The lowest BCUT2D eigenvalue weighted by Crippen LogP contribution is -1.95. The second-order valence-electron chi connectivity index (χ2n) is 1.70. The minimum atomic E-state index is -0.329. The van der Waals surface area contributed by atoms with Gasteiger partial charge in [0.25, 0.3) is 0 Å². The van der Waals surface area contributed by atoms with E-state index in [1.54, 1.807) is 6.92 Å². The van der Waals surface area contributed by atoms with Gasteiger partial charge < -0.3 is 9.47 Å². The molecule has 0 radical (unpaired) electrons. The average Bonchev–Trinajstić information content (AvgIpc) is 2.08. The van der Waals surface area contributed by atoms with E-state index < -0.39 is 0 Å². The van der Waals surface area contributed by atoms with Crippen molar-refractivity contribution < 1.29 is 19.1 Å². The molecule has 0 heterocycles. The standard InChI is InChI=1S/C4H8O2.C4H6O2.C2H4/c2*1-3-6-4(2)5;1-2/h3H2,1-2H3;3H,1H2,2H3;1-2H2. The summed E-state index contributed by atoms with van der Waals surface area (Å²) in [6.07, 6.45) is 1.10. The minimum Gasteiger partial charge on any atom is -0.466 e. The van der Waals surface area contributed by atoms with Crippen LogP contribution in [0.4, 0.5) is 0 Å². The van der Waals surface area contributed by atoms with E-state index in [-0.39, 0.29) is 11.9 Å². The Hall–Kier alpha value is -1.58. The van der Waals surface area contributed by atoms with Gasteiger partial charge in [0.2, 0.25) is 0 Å². The van der Waals surface area contributed by atoms with Crippen LogP contribution >= 0.6 is 0 Å². The smallest absolute Gasteiger partial charge is 0.307 e. The molecule has 4 nitrogen and oxygen atoms in total. The van der Waals surface area contributed by atoms with Crippen molar-refractivity contribution >= 4 is 11.9 Å². The quantitative estimate of drug-likeness (QED) is 0.391. The largest absolute Gasteiger partial charge is 0.466 e. The zero-order valence-electron chi connectivity index (χ0n) is 9.04. The maximum Gasteiger partial charge on any atom is 0.307 e. The van der Waals surface area contributed by atoms with Crippen molar-refractivity contribution in [1.82, 2.24) is 0 Å². The molecule has 0 saturated carbocycles. The fourth-order valence-electron chi connectivity index (χ4n) is 0.321. The molecule has 0 fully saturated rings. The predicted octanol–water partition coefficient (Wildman–Crippen LogP) is 2.06. The fraction of sp³-hybridized carbons (Fsp3) is 0.400. The van der Waals surface area contributed by atoms with E-state index in [0.717, 1.165) is 6.26 Å². The molecule has 0 aromatic heterocycles. The van der Waals surface area contributed by atoms with Crippen LogP contribution < -0.4 is 0 Å². The van der Waals surface area contributed by atoms with Gasteiger partial charge in [0.15, 0.2) is 0 Å². The lowest BCUT2D eigenvalue weighted by Gasteiger charge is -1.89. The van der Waals surface area contributed by atoms with E-state index in [2.05, 4.69) is 29.2 Å². The number of ether oxygens (including phenoxy) is 2. The van der Waals surface area contributed by atoms with Crippen LogP contribution in [0.25, 0.3) is 0 Å². The number of rotatable bonds is 2. The average molecular weight is 202 g/mol. The van der Waals surface area contributed by atoms with Crippen LogP contribution in [0.1, 0.15) is 20.8 Å². The maximum absolute atomic E-state index is 9.82. The molecular formula is C10H18O4. The van der Waals surface area contributed by atoms with Crippen LogP contribution in [0.2, 0.25) is 0 Å². The molecule has 0 aromatic rings. The van der Waals surface area contributed by atoms with Crippen LogP contribution in [0.5, 0.6) is 0 Å². The summed E-state index contributed by atoms with van der Waals surface area (Å²) in [6.45, 7) is 14.1. The van der Waals surface area contributed by atoms with E-state index in [1.807, 2.05) is 0 Å². The molecule has 0 bridgehead atoms. The van der Waals surface area contributed by atoms with Crippen LogP contribution in [-0.4, -0.2) is 18.5 Å². The van der Waals surface area contributed by atoms with Gasteiger partial charge in [-0.2, -0.15) is 0 Å². The molecule has 0 aliphatic rings. The lowest BCUT2D eigenvalue weighted by molar-refractivity contribution is -0.140. The van der Waals surface area contributed by atoms with Crippen molar-refractivity contribution in [2.45, 2.75) is 20.8 Å². The summed E-state index contributed by atoms with van der Waals surface area (Å²) in [5.74, 6) is -0.539. The first-order valence-corrected chi connectivity index (χ1v) is 3.96. The molecule has 0 unspecified atom stereocenters. The van der Waals surface area contributed by atoms with Gasteiger partial charge in [0.05, 0.1) is 12.9 Å². The van der Waals surface area contributed by atoms with Crippen LogP contribution in [-0.2, 0) is 19.1 Å². The van der Waals surface area contributed by atoms with E-state index >= 15 is 0 Å². The number of carbonyl (C=O) groups excluding carboxylic acids is 2. The summed E-state index contributed by atoms with van der Waals surface area (Å²) in [4.78, 5) is 19.6. The molecule has 0 N–H and O–H groups in total. The number of esters is 2. The zero-order valence-corrected chi connectivity index (χ0v) is 9.04. The lowest BCUT2D eigenvalue weighted by atomic mass is 10.8. The van der Waals surface area contributed by atoms with Crippen molar-refractivity contribution in [2.75, 3.05) is 6.61 Å². The SMILES string of the molecule is C=C.C=COC(C)=O.CCOC(C)=O. The van der Waals surface area contributed by atoms with Crippen LogP contribution in [0.15, 0.2) is 26.0 Å². The Morgan fingerprint density at radius 1 is 1.21 bits per heavy atom. The summed E-state index contributed by atoms with van der Waals surface area (Å²) in [7, 11) is 0. The van der Waals surface area contributed by atoms with E-state index in [9.17, 15) is 9.59 Å². The van der Waals surface area contributed by atoms with Crippen molar-refractivity contribution in [1.29, 1.82) is 0 Å². The highest BCUT2D eigenvalue weighted by Crippen LogP contribution is 1.70. The molecular weight excluding hydrogens is 184 g/mol. The predicted molar refractivity (Wildman–Crippen MR) is 55.5 cm³/mol. The molecule has 0 saturated heterocycles. The molecule has 0 aliphatic heterocycles. The first-order valence-electron chi connectivity index (χ1n) is 3.96. The van der Waals surface area contributed by atoms with Crippen LogP contribution in [0.3, 0.4) is 0 Å². The monoisotopic (exact) mass is 202 g/mol. The summed E-state index contributed by atoms with van der Waals surface area (Å²) in [5.41, 5.74) is 0. The summed E-state index contributed by atoms with van der Waals surface area (Å²) in [5, 5.41) is 0. The van der Waals surface area contributed by atoms with Crippen molar-refractivity contribution in [3.05, 3.63) is 26.0 Å². The number of hydrogen-bond donors (Lipinski definition) is 0. The Morgan fingerprint density at radius 2 is 1.64 bits per heavy atom. The topological polar surface area (TPSA) is 52.6 Å². The van der Waals surface area contributed by atoms with Gasteiger partial charge in [-0.25, -0.2) is 0 Å². The van der Waals surface area contributed by atoms with Gasteiger partial charge in [-0.3, -0.25) is 9.59 Å². The third-order valence-electron chi connectivity index (χ3n) is 0.597. The highest BCUT2D eigenvalue weighted by atomic mass is 16.5. The van der Waals surface area contributed by atoms with E-state index in [1.165, 1.54) is 13.8 Å². The molecule has 0 aliphatic carbocycles. The Bertz CT molecular complexity index is 164. The highest BCUT2D eigenvalue weighted by Gasteiger charge is 1.81. The summed E-state index contributed by atoms with van der Waals surface area (Å²) < 4.78 is 8.57. The maximum atomic E-state index is 9.82. The Labute approximate surface area is 85.2 Å². The van der Waals surface area contributed by atoms with Crippen molar-refractivity contribution in [3.8, 4) is 0 Å². The third-order valence-corrected chi connectivity index (χ3v) is 0.597. The first-order chi connectivity index (χ1) is 6.54. The third kappa shape index (κ3) is 47.3. The normalized spacial score (nSPS) is 6.50. The van der Waals surface area contributed by atoms with Gasteiger partial charge in [-0.05, 0) is 6.92 Å². The zero-order chi connectivity index (χ0) is 12.0. The highest BCUT2D eigenvalue weighted by molar-refractivity contribution is 5.66. The van der Waals surface area contributed by atoms with Gasteiger partial charge in [-0.15, -0.1) is 13.2 Å². The van der Waals surface area contributed by atoms with Gasteiger partial charge in [0, 0.05) is 13.8 Å². The van der Waals surface area contributed by atoms with E-state index in [4.69, 9.17) is 0 Å². The first kappa shape index (κ1) is 18.3. The summed E-state index contributed by atoms with van der Waals surface area (Å²) in [6, 6.07) is 0. The molecule has 14 heavy (non-hydrogen) atoms. The molecule has 82 valence electrons. The molecule has 0 atom stereocenters. The summed E-state index contributed by atoms with van der Waals surface area (Å²) >= 11 is 0. The van der Waals surface area contributed by atoms with Gasteiger partial charge in [0.1, 0.15) is 0 Å². The second-order valence-corrected chi connectivity index (χ2v) is 1.70. The Morgan fingerprint density at radius 3 is 1.64 bits per heavy atom. The Kier molecular flexibility index (Phi) is 22.8. The van der Waals surface area contributed by atoms with Gasteiger partial charge >= 0.3 is 11.9 Å². The van der Waals surface area contributed by atoms with Crippen LogP contribution in [0, 0.1) is 0 Å². The second kappa shape index (κ2) is 17.5. The van der Waals surface area contributed by atoms with Crippen molar-refractivity contribution in [2.24, 2.45) is 0 Å². The fourth-order valence-corrected chi connectivity index (χ4v) is 0.321. The molecule has 4 heteroatoms.